The molecule has 1 fully saturated rings. The van der Waals surface area contributed by atoms with Gasteiger partial charge in [-0.15, -0.1) is 5.10 Å². The maximum atomic E-state index is 12.5. The fourth-order valence-corrected chi connectivity index (χ4v) is 3.18. The molecule has 2 aromatic rings. The smallest absolute Gasteiger partial charge is 0.278 e. The summed E-state index contributed by atoms with van der Waals surface area (Å²) in [6.07, 6.45) is 0. The van der Waals surface area contributed by atoms with Gasteiger partial charge in [-0.1, -0.05) is 24.3 Å². The Hall–Kier alpha value is -2.28. The zero-order chi connectivity index (χ0) is 16.6. The lowest BCUT2D eigenvalue weighted by Gasteiger charge is -2.22. The predicted molar refractivity (Wildman–Crippen MR) is 87.0 cm³/mol. The molecule has 0 aliphatic carbocycles. The molecule has 0 spiro atoms. The Morgan fingerprint density at radius 1 is 1.30 bits per heavy atom. The van der Waals surface area contributed by atoms with Crippen molar-refractivity contribution < 1.29 is 4.79 Å². The third-order valence-electron chi connectivity index (χ3n) is 4.50. The molecule has 1 aliphatic heterocycles. The number of nitrogens with zero attached hydrogens (tertiary/aromatic N) is 5. The highest BCUT2D eigenvalue weighted by molar-refractivity contribution is 5.78. The van der Waals surface area contributed by atoms with Crippen LogP contribution in [0.3, 0.4) is 0 Å². The van der Waals surface area contributed by atoms with Gasteiger partial charge in [0.15, 0.2) is 0 Å². The van der Waals surface area contributed by atoms with Crippen molar-refractivity contribution in [2.75, 3.05) is 27.2 Å². The molecule has 1 saturated heterocycles. The molecule has 7 nitrogen and oxygen atoms in total. The van der Waals surface area contributed by atoms with Crippen LogP contribution in [0.2, 0.25) is 0 Å². The summed E-state index contributed by atoms with van der Waals surface area (Å²) in [4.78, 5) is 28.8. The van der Waals surface area contributed by atoms with Gasteiger partial charge in [0.1, 0.15) is 12.1 Å². The van der Waals surface area contributed by atoms with Gasteiger partial charge in [0.25, 0.3) is 5.56 Å². The minimum atomic E-state index is -0.277. The van der Waals surface area contributed by atoms with Gasteiger partial charge in [0, 0.05) is 19.1 Å². The number of aromatic nitrogens is 3. The predicted octanol–water partition coefficient (Wildman–Crippen LogP) is 0.200. The molecule has 0 radical (unpaired) electrons. The van der Waals surface area contributed by atoms with Crippen LogP contribution in [-0.4, -0.2) is 63.9 Å². The minimum Gasteiger partial charge on any atom is -0.339 e. The van der Waals surface area contributed by atoms with Crippen molar-refractivity contribution in [1.29, 1.82) is 0 Å². The van der Waals surface area contributed by atoms with Crippen molar-refractivity contribution in [2.24, 2.45) is 5.92 Å². The van der Waals surface area contributed by atoms with Crippen molar-refractivity contribution in [3.63, 3.8) is 0 Å². The molecule has 1 amide bonds. The van der Waals surface area contributed by atoms with E-state index in [2.05, 4.69) is 22.1 Å². The molecule has 0 saturated carbocycles. The van der Waals surface area contributed by atoms with E-state index in [-0.39, 0.29) is 18.0 Å². The Balaban J connectivity index is 1.79. The fourth-order valence-electron chi connectivity index (χ4n) is 3.18. The first kappa shape index (κ1) is 15.6. The number of hydrogen-bond acceptors (Lipinski definition) is 5. The van der Waals surface area contributed by atoms with E-state index in [0.717, 1.165) is 4.68 Å². The summed E-state index contributed by atoms with van der Waals surface area (Å²) in [5, 5.41) is 8.38. The average molecular weight is 315 g/mol. The van der Waals surface area contributed by atoms with Crippen molar-refractivity contribution in [2.45, 2.75) is 19.5 Å². The van der Waals surface area contributed by atoms with Gasteiger partial charge in [-0.25, -0.2) is 4.68 Å². The molecule has 2 atom stereocenters. The normalized spacial score (nSPS) is 21.3. The van der Waals surface area contributed by atoms with E-state index in [1.807, 2.05) is 14.1 Å². The highest BCUT2D eigenvalue weighted by atomic mass is 16.2. The summed E-state index contributed by atoms with van der Waals surface area (Å²) in [6.45, 7) is 3.46. The van der Waals surface area contributed by atoms with Crippen LogP contribution >= 0.6 is 0 Å². The minimum absolute atomic E-state index is 0.0659. The number of hydrogen-bond donors (Lipinski definition) is 0. The summed E-state index contributed by atoms with van der Waals surface area (Å²) >= 11 is 0. The Morgan fingerprint density at radius 3 is 2.74 bits per heavy atom. The zero-order valence-electron chi connectivity index (χ0n) is 13.6. The number of benzene rings is 1. The molecule has 1 aromatic carbocycles. The second-order valence-electron chi connectivity index (χ2n) is 6.38. The number of carbonyl (C=O) groups excluding carboxylic acids is 1. The molecule has 3 rings (SSSR count). The lowest BCUT2D eigenvalue weighted by molar-refractivity contribution is -0.131. The number of rotatable bonds is 3. The summed E-state index contributed by atoms with van der Waals surface area (Å²) in [6, 6.07) is 7.37. The van der Waals surface area contributed by atoms with Crippen LogP contribution in [0.1, 0.15) is 6.92 Å². The van der Waals surface area contributed by atoms with E-state index < -0.39 is 0 Å². The molecular formula is C16H21N5O2. The second-order valence-corrected chi connectivity index (χ2v) is 6.38. The molecule has 23 heavy (non-hydrogen) atoms. The molecular weight excluding hydrogens is 294 g/mol. The van der Waals surface area contributed by atoms with Crippen molar-refractivity contribution in [3.8, 4) is 0 Å². The number of likely N-dealkylation sites (tertiary alicyclic amines) is 1. The Kier molecular flexibility index (Phi) is 4.12. The first-order chi connectivity index (χ1) is 11.0. The zero-order valence-corrected chi connectivity index (χ0v) is 13.6. The number of likely N-dealkylation sites (N-methyl/N-ethyl adjacent to an activating group) is 1. The molecule has 1 aliphatic rings. The van der Waals surface area contributed by atoms with Crippen LogP contribution in [0.4, 0.5) is 0 Å². The number of fused-ring (bicyclic) bond motifs is 1. The van der Waals surface area contributed by atoms with E-state index in [1.165, 1.54) is 0 Å². The van der Waals surface area contributed by atoms with Gasteiger partial charge in [-0.2, -0.15) is 0 Å². The van der Waals surface area contributed by atoms with Gasteiger partial charge in [0.2, 0.25) is 5.91 Å². The number of amides is 1. The standard InChI is InChI=1S/C16H21N5O2/c1-11-8-20(9-14(11)19(2)3)15(22)10-21-16(23)12-6-4-5-7-13(12)17-18-21/h4-7,11,14H,8-10H2,1-3H3. The van der Waals surface area contributed by atoms with E-state index in [0.29, 0.717) is 36.0 Å². The first-order valence-corrected chi connectivity index (χ1v) is 7.74. The van der Waals surface area contributed by atoms with E-state index in [4.69, 9.17) is 0 Å². The molecule has 7 heteroatoms. The van der Waals surface area contributed by atoms with Crippen LogP contribution < -0.4 is 5.56 Å². The van der Waals surface area contributed by atoms with Crippen LogP contribution in [0.25, 0.3) is 10.9 Å². The van der Waals surface area contributed by atoms with Crippen LogP contribution in [0, 0.1) is 5.92 Å². The van der Waals surface area contributed by atoms with E-state index in [1.54, 1.807) is 29.2 Å². The fraction of sp³-hybridized carbons (Fsp3) is 0.500. The van der Waals surface area contributed by atoms with Gasteiger partial charge >= 0.3 is 0 Å². The molecule has 0 bridgehead atoms. The summed E-state index contributed by atoms with van der Waals surface area (Å²) in [5.74, 6) is 0.321. The van der Waals surface area contributed by atoms with Gasteiger partial charge < -0.3 is 9.80 Å². The average Bonchev–Trinajstić information content (AvgIpc) is 2.92. The number of carbonyl (C=O) groups is 1. The lowest BCUT2D eigenvalue weighted by atomic mass is 10.1. The molecule has 122 valence electrons. The summed E-state index contributed by atoms with van der Waals surface area (Å²) < 4.78 is 1.15. The van der Waals surface area contributed by atoms with Crippen molar-refractivity contribution >= 4 is 16.8 Å². The summed E-state index contributed by atoms with van der Waals surface area (Å²) in [7, 11) is 4.04. The monoisotopic (exact) mass is 315 g/mol. The largest absolute Gasteiger partial charge is 0.339 e. The second kappa shape index (κ2) is 6.08. The van der Waals surface area contributed by atoms with Gasteiger partial charge in [-0.05, 0) is 32.1 Å². The molecule has 1 aromatic heterocycles. The van der Waals surface area contributed by atoms with Crippen LogP contribution in [0.5, 0.6) is 0 Å². The molecule has 2 heterocycles. The Bertz CT molecular complexity index is 785. The van der Waals surface area contributed by atoms with Crippen molar-refractivity contribution in [1.82, 2.24) is 24.8 Å². The SMILES string of the molecule is CC1CN(C(=O)Cn2nnc3ccccc3c2=O)CC1N(C)C. The van der Waals surface area contributed by atoms with E-state index in [9.17, 15) is 9.59 Å². The van der Waals surface area contributed by atoms with Gasteiger partial charge in [-0.3, -0.25) is 9.59 Å². The molecule has 2 unspecified atom stereocenters. The topological polar surface area (TPSA) is 71.3 Å². The maximum absolute atomic E-state index is 12.5. The maximum Gasteiger partial charge on any atom is 0.278 e. The quantitative estimate of drug-likeness (QED) is 0.809. The van der Waals surface area contributed by atoms with Crippen LogP contribution in [0.15, 0.2) is 29.1 Å². The third-order valence-corrected chi connectivity index (χ3v) is 4.50. The Labute approximate surface area is 134 Å². The van der Waals surface area contributed by atoms with E-state index >= 15 is 0 Å². The summed E-state index contributed by atoms with van der Waals surface area (Å²) in [5.41, 5.74) is 0.268. The lowest BCUT2D eigenvalue weighted by Crippen LogP contribution is -2.38. The van der Waals surface area contributed by atoms with Crippen LogP contribution in [-0.2, 0) is 11.3 Å². The van der Waals surface area contributed by atoms with Crippen molar-refractivity contribution in [3.05, 3.63) is 34.6 Å². The van der Waals surface area contributed by atoms with Gasteiger partial charge in [0.05, 0.1) is 5.39 Å². The highest BCUT2D eigenvalue weighted by Gasteiger charge is 2.33. The first-order valence-electron chi connectivity index (χ1n) is 7.74. The molecule has 0 N–H and O–H groups in total. The Morgan fingerprint density at radius 2 is 2.04 bits per heavy atom. The highest BCUT2D eigenvalue weighted by Crippen LogP contribution is 2.20. The third kappa shape index (κ3) is 2.96.